The topological polar surface area (TPSA) is 127 Å². The molecule has 6 N–H and O–H groups in total. The van der Waals surface area contributed by atoms with Crippen LogP contribution in [0.2, 0.25) is 5.02 Å². The maximum Gasteiger partial charge on any atom is 0.354 e. The van der Waals surface area contributed by atoms with Crippen LogP contribution in [0.25, 0.3) is 28.0 Å². The fraction of sp³-hybridized carbons (Fsp3) is 0.457. The number of rotatable bonds is 11. The summed E-state index contributed by atoms with van der Waals surface area (Å²) in [7, 11) is 0. The number of fused-ring (bicyclic) bond motifs is 1. The maximum absolute atomic E-state index is 15.2. The Hall–Kier alpha value is -3.53. The number of H-pyrrole nitrogens is 1. The molecule has 238 valence electrons. The molecule has 2 aromatic heterocycles. The van der Waals surface area contributed by atoms with Crippen LogP contribution in [0, 0.1) is 11.7 Å². The van der Waals surface area contributed by atoms with E-state index in [-0.39, 0.29) is 17.1 Å². The Bertz CT molecular complexity index is 1720. The first-order valence-electron chi connectivity index (χ1n) is 16.2. The van der Waals surface area contributed by atoms with E-state index >= 15 is 4.39 Å². The lowest BCUT2D eigenvalue weighted by Gasteiger charge is -2.23. The normalized spacial score (nSPS) is 20.0. The molecule has 0 unspecified atom stereocenters. The first kappa shape index (κ1) is 31.5. The van der Waals surface area contributed by atoms with Gasteiger partial charge < -0.3 is 21.8 Å². The molecule has 1 aliphatic carbocycles. The molecule has 8 nitrogen and oxygen atoms in total. The van der Waals surface area contributed by atoms with Crippen LogP contribution in [0.1, 0.15) is 81.9 Å². The molecule has 1 aliphatic heterocycles. The summed E-state index contributed by atoms with van der Waals surface area (Å²) >= 11 is 6.32. The third-order valence-electron chi connectivity index (χ3n) is 9.26. The first-order chi connectivity index (χ1) is 21.7. The minimum atomic E-state index is -0.496. The summed E-state index contributed by atoms with van der Waals surface area (Å²) in [6.07, 6.45) is 12.3. The molecule has 6 rings (SSSR count). The van der Waals surface area contributed by atoms with Crippen molar-refractivity contribution in [3.05, 3.63) is 81.1 Å². The van der Waals surface area contributed by atoms with Gasteiger partial charge in [-0.15, -0.1) is 0 Å². The number of nitrogens with two attached hydrogens (primary N) is 2. The Morgan fingerprint density at radius 2 is 1.93 bits per heavy atom. The van der Waals surface area contributed by atoms with Gasteiger partial charge in [0.15, 0.2) is 5.82 Å². The number of halogens is 2. The first-order valence-corrected chi connectivity index (χ1v) is 16.6. The van der Waals surface area contributed by atoms with Crippen LogP contribution in [0.3, 0.4) is 0 Å². The number of hydrogen-bond donors (Lipinski definition) is 4. The summed E-state index contributed by atoms with van der Waals surface area (Å²) in [6, 6.07) is 14.3. The van der Waals surface area contributed by atoms with E-state index in [9.17, 15) is 4.79 Å². The van der Waals surface area contributed by atoms with Gasteiger partial charge in [0.2, 0.25) is 0 Å². The van der Waals surface area contributed by atoms with Crippen LogP contribution in [0.15, 0.2) is 58.4 Å². The van der Waals surface area contributed by atoms with E-state index < -0.39 is 11.5 Å². The molecule has 0 spiro atoms. The largest absolute Gasteiger partial charge is 0.388 e. The van der Waals surface area contributed by atoms with E-state index in [1.807, 2.05) is 31.2 Å². The van der Waals surface area contributed by atoms with Gasteiger partial charge in [-0.3, -0.25) is 9.56 Å². The van der Waals surface area contributed by atoms with Crippen molar-refractivity contribution in [1.29, 1.82) is 0 Å². The number of aromatic amines is 1. The van der Waals surface area contributed by atoms with Crippen LogP contribution >= 0.6 is 11.6 Å². The quantitative estimate of drug-likeness (QED) is 0.110. The van der Waals surface area contributed by atoms with Crippen molar-refractivity contribution >= 4 is 28.5 Å². The second-order valence-corrected chi connectivity index (χ2v) is 13.2. The number of nitrogens with zero attached hydrogens (tertiary/aromatic N) is 3. The summed E-state index contributed by atoms with van der Waals surface area (Å²) in [4.78, 5) is 24.9. The third kappa shape index (κ3) is 7.65. The van der Waals surface area contributed by atoms with Gasteiger partial charge in [-0.25, -0.2) is 9.18 Å². The molecule has 3 heterocycles. The number of aromatic nitrogens is 3. The highest BCUT2D eigenvalue weighted by Gasteiger charge is 2.28. The monoisotopic (exact) mass is 631 g/mol. The smallest absolute Gasteiger partial charge is 0.354 e. The highest BCUT2D eigenvalue weighted by molar-refractivity contribution is 6.31. The van der Waals surface area contributed by atoms with Crippen molar-refractivity contribution in [2.24, 2.45) is 22.4 Å². The van der Waals surface area contributed by atoms with Crippen LogP contribution < -0.4 is 22.5 Å². The molecule has 2 aliphatic rings. The molecule has 10 heteroatoms. The Morgan fingerprint density at radius 1 is 1.16 bits per heavy atom. The molecule has 0 radical (unpaired) electrons. The molecule has 0 amide bonds. The number of aryl methyl sites for hydroxylation is 1. The number of aliphatic imine (C=N–C) groups is 1. The minimum absolute atomic E-state index is 0.0777. The predicted octanol–water partition coefficient (Wildman–Crippen LogP) is 6.57. The molecule has 1 saturated carbocycles. The zero-order valence-corrected chi connectivity index (χ0v) is 26.6. The van der Waals surface area contributed by atoms with Crippen molar-refractivity contribution in [2.75, 3.05) is 6.54 Å². The summed E-state index contributed by atoms with van der Waals surface area (Å²) in [6.45, 7) is 2.55. The zero-order valence-electron chi connectivity index (χ0n) is 25.9. The van der Waals surface area contributed by atoms with Gasteiger partial charge in [0.25, 0.3) is 0 Å². The van der Waals surface area contributed by atoms with Crippen molar-refractivity contribution in [3.8, 4) is 16.9 Å². The van der Waals surface area contributed by atoms with Crippen LogP contribution in [-0.2, 0) is 6.42 Å². The lowest BCUT2D eigenvalue weighted by Crippen LogP contribution is -2.32. The van der Waals surface area contributed by atoms with Gasteiger partial charge in [0.05, 0.1) is 22.2 Å². The average Bonchev–Trinajstić information content (AvgIpc) is 3.83. The lowest BCUT2D eigenvalue weighted by molar-refractivity contribution is 0.422. The van der Waals surface area contributed by atoms with E-state index in [1.54, 1.807) is 12.3 Å². The molecule has 4 aromatic rings. The third-order valence-corrected chi connectivity index (χ3v) is 9.54. The van der Waals surface area contributed by atoms with Gasteiger partial charge in [0, 0.05) is 41.8 Å². The van der Waals surface area contributed by atoms with Crippen LogP contribution in [0.5, 0.6) is 0 Å². The van der Waals surface area contributed by atoms with Gasteiger partial charge >= 0.3 is 5.69 Å². The van der Waals surface area contributed by atoms with E-state index in [4.69, 9.17) is 23.1 Å². The van der Waals surface area contributed by atoms with Crippen molar-refractivity contribution in [1.82, 2.24) is 19.9 Å². The van der Waals surface area contributed by atoms with Crippen LogP contribution in [0.4, 0.5) is 4.39 Å². The summed E-state index contributed by atoms with van der Waals surface area (Å²) < 4.78 is 16.8. The molecule has 45 heavy (non-hydrogen) atoms. The lowest BCUT2D eigenvalue weighted by atomic mass is 10.00. The fourth-order valence-electron chi connectivity index (χ4n) is 6.56. The van der Waals surface area contributed by atoms with Gasteiger partial charge in [-0.2, -0.15) is 4.98 Å². The van der Waals surface area contributed by atoms with Gasteiger partial charge in [0.1, 0.15) is 5.65 Å². The summed E-state index contributed by atoms with van der Waals surface area (Å²) in [5.74, 6) is 0.783. The molecule has 0 bridgehead atoms. The summed E-state index contributed by atoms with van der Waals surface area (Å²) in [5, 5.41) is 4.59. The number of amidine groups is 1. The predicted molar refractivity (Wildman–Crippen MR) is 181 cm³/mol. The average molecular weight is 632 g/mol. The van der Waals surface area contributed by atoms with E-state index in [0.717, 1.165) is 62.7 Å². The maximum atomic E-state index is 15.2. The highest BCUT2D eigenvalue weighted by Crippen LogP contribution is 2.34. The van der Waals surface area contributed by atoms with Crippen molar-refractivity contribution < 1.29 is 4.39 Å². The second kappa shape index (κ2) is 13.8. The summed E-state index contributed by atoms with van der Waals surface area (Å²) in [5.41, 5.74) is 15.7. The number of nitrogens with one attached hydrogen (secondary N) is 2. The van der Waals surface area contributed by atoms with E-state index in [0.29, 0.717) is 40.1 Å². The molecule has 1 saturated heterocycles. The molecule has 2 aromatic carbocycles. The minimum Gasteiger partial charge on any atom is -0.388 e. The zero-order chi connectivity index (χ0) is 31.5. The Kier molecular flexibility index (Phi) is 9.68. The van der Waals surface area contributed by atoms with Crippen molar-refractivity contribution in [3.63, 3.8) is 0 Å². The Labute approximate surface area is 268 Å². The van der Waals surface area contributed by atoms with Crippen molar-refractivity contribution in [2.45, 2.75) is 89.3 Å². The molecular formula is C35H43ClFN7O. The van der Waals surface area contributed by atoms with E-state index in [2.05, 4.69) is 32.4 Å². The number of hydrogen-bond acceptors (Lipinski definition) is 5. The van der Waals surface area contributed by atoms with E-state index in [1.165, 1.54) is 29.4 Å². The Balaban J connectivity index is 1.19. The molecule has 3 atom stereocenters. The highest BCUT2D eigenvalue weighted by atomic mass is 35.5. The standard InChI is InChI=1S/C35H43ClFN7O/c1-21(38)40-16-15-26-6-2-3-8-31(41-26)24-11-13-27(14-12-24)44-20-25-19-32(42-34(25)43-35(44)45)28-17-22(18-29(36)33(28)37)5-4-7-30(39)23-9-10-23/h11-14,17-20,23,26,30-31,41H,2-10,15-16,39H2,1H3,(H2,38,40)(H,42,43,45)/t26-,30+,31-/m0/s1. The second-order valence-electron chi connectivity index (χ2n) is 12.8. The Morgan fingerprint density at radius 3 is 2.69 bits per heavy atom. The molecular weight excluding hydrogens is 589 g/mol. The van der Waals surface area contributed by atoms with Gasteiger partial charge in [-0.05, 0) is 106 Å². The number of benzene rings is 2. The SMILES string of the molecule is CC(N)=NCC[C@@H]1CCCC[C@@H](c2ccc(-n3cc4cc(-c5cc(CCC[C@@H](N)C6CC6)cc(Cl)c5F)[nH]c4nc3=O)cc2)N1. The van der Waals surface area contributed by atoms with Crippen LogP contribution in [-0.4, -0.2) is 39.0 Å². The fourth-order valence-corrected chi connectivity index (χ4v) is 6.80. The molecule has 2 fully saturated rings. The van der Waals surface area contributed by atoms with Gasteiger partial charge in [-0.1, -0.05) is 36.6 Å².